The minimum absolute atomic E-state index is 0.0593. The molecule has 0 saturated carbocycles. The minimum Gasteiger partial charge on any atom is -0.493 e. The number of aromatic nitrogens is 1. The van der Waals surface area contributed by atoms with E-state index in [1.54, 1.807) is 13.0 Å². The molecule has 128 valence electrons. The summed E-state index contributed by atoms with van der Waals surface area (Å²) < 4.78 is 15.3. The summed E-state index contributed by atoms with van der Waals surface area (Å²) in [6.07, 6.45) is 0.0593. The van der Waals surface area contributed by atoms with E-state index < -0.39 is 11.9 Å². The molecule has 2 aromatic rings. The number of anilines is 1. The molecule has 0 saturated heterocycles. The maximum atomic E-state index is 11.6. The van der Waals surface area contributed by atoms with Crippen molar-refractivity contribution in [1.29, 1.82) is 0 Å². The standard InChI is InChI=1S/C17H20N2O5/c1-11-4-5-12(2)14(8-11)22-7-6-17(21)23-10-16(20)18-15-9-13(3)24-19-15/h4-5,8-9H,6-7,10H2,1-3H3,(H,18,19,20). The Hall–Kier alpha value is -2.83. The van der Waals surface area contributed by atoms with Crippen molar-refractivity contribution in [2.24, 2.45) is 0 Å². The lowest BCUT2D eigenvalue weighted by Gasteiger charge is -2.09. The normalized spacial score (nSPS) is 10.3. The summed E-state index contributed by atoms with van der Waals surface area (Å²) in [5, 5.41) is 6.08. The quantitative estimate of drug-likeness (QED) is 0.784. The first-order valence-corrected chi connectivity index (χ1v) is 7.53. The minimum atomic E-state index is -0.508. The molecule has 1 aromatic heterocycles. The Balaban J connectivity index is 1.68. The van der Waals surface area contributed by atoms with Gasteiger partial charge in [-0.2, -0.15) is 0 Å². The molecule has 0 unspecified atom stereocenters. The van der Waals surface area contributed by atoms with Crippen LogP contribution in [0.25, 0.3) is 0 Å². The summed E-state index contributed by atoms with van der Waals surface area (Å²) in [6, 6.07) is 7.43. The number of carbonyl (C=O) groups excluding carboxylic acids is 2. The Bertz CT molecular complexity index is 724. The smallest absolute Gasteiger partial charge is 0.309 e. The monoisotopic (exact) mass is 332 g/mol. The van der Waals surface area contributed by atoms with Gasteiger partial charge in [-0.3, -0.25) is 9.59 Å². The van der Waals surface area contributed by atoms with Gasteiger partial charge >= 0.3 is 5.97 Å². The number of esters is 1. The zero-order valence-corrected chi connectivity index (χ0v) is 13.9. The van der Waals surface area contributed by atoms with Gasteiger partial charge in [-0.1, -0.05) is 17.3 Å². The van der Waals surface area contributed by atoms with Crippen LogP contribution in [0, 0.1) is 20.8 Å². The SMILES string of the molecule is Cc1ccc(C)c(OCCC(=O)OCC(=O)Nc2cc(C)on2)c1. The number of carbonyl (C=O) groups is 2. The second-order valence-corrected chi connectivity index (χ2v) is 5.40. The van der Waals surface area contributed by atoms with Gasteiger partial charge in [-0.15, -0.1) is 0 Å². The highest BCUT2D eigenvalue weighted by molar-refractivity contribution is 5.91. The van der Waals surface area contributed by atoms with Crippen LogP contribution in [-0.2, 0) is 14.3 Å². The predicted molar refractivity (Wildman–Crippen MR) is 86.9 cm³/mol. The highest BCUT2D eigenvalue weighted by atomic mass is 16.5. The lowest BCUT2D eigenvalue weighted by molar-refractivity contribution is -0.147. The van der Waals surface area contributed by atoms with Crippen molar-refractivity contribution in [2.75, 3.05) is 18.5 Å². The number of aryl methyl sites for hydroxylation is 3. The van der Waals surface area contributed by atoms with Gasteiger partial charge in [0.05, 0.1) is 13.0 Å². The van der Waals surface area contributed by atoms with Gasteiger partial charge in [-0.05, 0) is 38.0 Å². The fraction of sp³-hybridized carbons (Fsp3) is 0.353. The van der Waals surface area contributed by atoms with E-state index in [2.05, 4.69) is 10.5 Å². The molecule has 0 bridgehead atoms. The van der Waals surface area contributed by atoms with Crippen molar-refractivity contribution in [3.8, 4) is 5.75 Å². The Morgan fingerprint density at radius 3 is 2.71 bits per heavy atom. The van der Waals surface area contributed by atoms with Crippen molar-refractivity contribution in [1.82, 2.24) is 5.16 Å². The summed E-state index contributed by atoms with van der Waals surface area (Å²) in [5.41, 5.74) is 2.08. The number of benzene rings is 1. The molecule has 0 aliphatic rings. The maximum Gasteiger partial charge on any atom is 0.309 e. The largest absolute Gasteiger partial charge is 0.493 e. The van der Waals surface area contributed by atoms with Crippen LogP contribution in [0.4, 0.5) is 5.82 Å². The van der Waals surface area contributed by atoms with Crippen molar-refractivity contribution >= 4 is 17.7 Å². The van der Waals surface area contributed by atoms with Crippen LogP contribution in [0.5, 0.6) is 5.75 Å². The Labute approximate surface area is 139 Å². The van der Waals surface area contributed by atoms with Crippen molar-refractivity contribution in [2.45, 2.75) is 27.2 Å². The highest BCUT2D eigenvalue weighted by Crippen LogP contribution is 2.19. The van der Waals surface area contributed by atoms with Gasteiger partial charge in [0.1, 0.15) is 11.5 Å². The molecule has 7 heteroatoms. The van der Waals surface area contributed by atoms with Gasteiger partial charge in [0, 0.05) is 6.07 Å². The fourth-order valence-electron chi connectivity index (χ4n) is 1.93. The van der Waals surface area contributed by atoms with E-state index in [4.69, 9.17) is 14.0 Å². The molecule has 0 spiro atoms. The number of rotatable bonds is 7. The summed E-state index contributed by atoms with van der Waals surface area (Å²) in [5.74, 6) is 0.610. The van der Waals surface area contributed by atoms with E-state index in [0.29, 0.717) is 5.76 Å². The van der Waals surface area contributed by atoms with E-state index in [9.17, 15) is 9.59 Å². The molecule has 0 radical (unpaired) electrons. The maximum absolute atomic E-state index is 11.6. The van der Waals surface area contributed by atoms with Gasteiger partial charge in [-0.25, -0.2) is 0 Å². The summed E-state index contributed by atoms with van der Waals surface area (Å²) >= 11 is 0. The number of ether oxygens (including phenoxy) is 2. The molecule has 1 amide bonds. The average molecular weight is 332 g/mol. The van der Waals surface area contributed by atoms with Crippen LogP contribution in [-0.4, -0.2) is 30.2 Å². The molecule has 0 aliphatic heterocycles. The van der Waals surface area contributed by atoms with Gasteiger partial charge in [0.2, 0.25) is 0 Å². The topological polar surface area (TPSA) is 90.7 Å². The number of amides is 1. The molecular formula is C17H20N2O5. The number of hydrogen-bond acceptors (Lipinski definition) is 6. The van der Waals surface area contributed by atoms with Gasteiger partial charge in [0.25, 0.3) is 5.91 Å². The van der Waals surface area contributed by atoms with E-state index in [0.717, 1.165) is 16.9 Å². The third-order valence-electron chi connectivity index (χ3n) is 3.17. The third-order valence-corrected chi connectivity index (χ3v) is 3.17. The van der Waals surface area contributed by atoms with E-state index in [1.165, 1.54) is 0 Å². The molecule has 0 atom stereocenters. The third kappa shape index (κ3) is 5.42. The second kappa shape index (κ2) is 8.14. The molecule has 1 N–H and O–H groups in total. The highest BCUT2D eigenvalue weighted by Gasteiger charge is 2.10. The van der Waals surface area contributed by atoms with Gasteiger partial charge in [0.15, 0.2) is 12.4 Å². The first-order valence-electron chi connectivity index (χ1n) is 7.53. The molecular weight excluding hydrogens is 312 g/mol. The Morgan fingerprint density at radius 1 is 1.21 bits per heavy atom. The first kappa shape index (κ1) is 17.5. The Kier molecular flexibility index (Phi) is 5.95. The lowest BCUT2D eigenvalue weighted by atomic mass is 10.1. The number of nitrogens with one attached hydrogen (secondary N) is 1. The van der Waals surface area contributed by atoms with Crippen LogP contribution in [0.2, 0.25) is 0 Å². The van der Waals surface area contributed by atoms with Crippen molar-refractivity contribution < 1.29 is 23.6 Å². The van der Waals surface area contributed by atoms with Crippen molar-refractivity contribution in [3.63, 3.8) is 0 Å². The predicted octanol–water partition coefficient (Wildman–Crippen LogP) is 2.55. The molecule has 1 heterocycles. The molecule has 24 heavy (non-hydrogen) atoms. The first-order chi connectivity index (χ1) is 11.4. The van der Waals surface area contributed by atoms with Crippen LogP contribution in [0.1, 0.15) is 23.3 Å². The summed E-state index contributed by atoms with van der Waals surface area (Å²) in [7, 11) is 0. The van der Waals surface area contributed by atoms with Crippen LogP contribution < -0.4 is 10.1 Å². The molecule has 1 aromatic carbocycles. The van der Waals surface area contributed by atoms with E-state index in [-0.39, 0.29) is 25.5 Å². The molecule has 0 fully saturated rings. The molecule has 7 nitrogen and oxygen atoms in total. The lowest BCUT2D eigenvalue weighted by Crippen LogP contribution is -2.21. The average Bonchev–Trinajstić information content (AvgIpc) is 2.93. The van der Waals surface area contributed by atoms with E-state index in [1.807, 2.05) is 32.0 Å². The van der Waals surface area contributed by atoms with Crippen LogP contribution in [0.3, 0.4) is 0 Å². The second-order valence-electron chi connectivity index (χ2n) is 5.40. The molecule has 0 aliphatic carbocycles. The number of hydrogen-bond donors (Lipinski definition) is 1. The Morgan fingerprint density at radius 2 is 2.00 bits per heavy atom. The summed E-state index contributed by atoms with van der Waals surface area (Å²) in [6.45, 7) is 5.42. The van der Waals surface area contributed by atoms with Crippen molar-refractivity contribution in [3.05, 3.63) is 41.2 Å². The summed E-state index contributed by atoms with van der Waals surface area (Å²) in [4.78, 5) is 23.2. The van der Waals surface area contributed by atoms with E-state index >= 15 is 0 Å². The molecule has 2 rings (SSSR count). The van der Waals surface area contributed by atoms with Crippen LogP contribution in [0.15, 0.2) is 28.8 Å². The zero-order valence-electron chi connectivity index (χ0n) is 13.9. The van der Waals surface area contributed by atoms with Crippen LogP contribution >= 0.6 is 0 Å². The number of nitrogens with zero attached hydrogens (tertiary/aromatic N) is 1. The fourth-order valence-corrected chi connectivity index (χ4v) is 1.93. The van der Waals surface area contributed by atoms with Gasteiger partial charge < -0.3 is 19.3 Å². The zero-order chi connectivity index (χ0) is 17.5.